The number of halogens is 1. The number of nitrogens with one attached hydrogen (secondary N) is 2. The van der Waals surface area contributed by atoms with Crippen molar-refractivity contribution in [1.82, 2.24) is 25.6 Å². The molecule has 2 aliphatic rings. The second-order valence-corrected chi connectivity index (χ2v) is 13.9. The van der Waals surface area contributed by atoms with Gasteiger partial charge in [-0.1, -0.05) is 17.7 Å². The van der Waals surface area contributed by atoms with Crippen molar-refractivity contribution in [3.05, 3.63) is 94.3 Å². The molecule has 50 heavy (non-hydrogen) atoms. The molecular weight excluding hydrogens is 753 g/mol. The normalized spacial score (nSPS) is 13.4. The number of hydrogen-bond acceptors (Lipinski definition) is 10. The van der Waals surface area contributed by atoms with Crippen LogP contribution in [0.2, 0.25) is 0 Å². The van der Waals surface area contributed by atoms with Crippen molar-refractivity contribution in [2.75, 3.05) is 44.5 Å². The smallest absolute Gasteiger partial charge is 0.340 e. The Morgan fingerprint density at radius 1 is 0.860 bits per heavy atom. The summed E-state index contributed by atoms with van der Waals surface area (Å²) in [4.78, 5) is 54.1. The molecule has 2 aliphatic heterocycles. The van der Waals surface area contributed by atoms with Gasteiger partial charge in [-0.25, -0.2) is 9.48 Å². The van der Waals surface area contributed by atoms with E-state index < -0.39 is 11.6 Å². The van der Waals surface area contributed by atoms with Crippen LogP contribution in [0.5, 0.6) is 11.5 Å². The van der Waals surface area contributed by atoms with Crippen LogP contribution in [0.1, 0.15) is 68.8 Å². The number of carbonyl (C=O) groups excluding carboxylic acids is 4. The molecule has 13 nitrogen and oxygen atoms in total. The lowest BCUT2D eigenvalue weighted by atomic mass is 9.77. The predicted molar refractivity (Wildman–Crippen MR) is 195 cm³/mol. The third kappa shape index (κ3) is 7.02. The molecule has 0 radical (unpaired) electrons. The molecule has 1 spiro atoms. The van der Waals surface area contributed by atoms with Gasteiger partial charge >= 0.3 is 5.97 Å². The molecule has 3 heterocycles. The summed E-state index contributed by atoms with van der Waals surface area (Å²) in [5, 5.41) is 13.6. The molecule has 3 aromatic carbocycles. The minimum atomic E-state index is -1.24. The Kier molecular flexibility index (Phi) is 10.1. The minimum absolute atomic E-state index is 0.0595. The highest BCUT2D eigenvalue weighted by molar-refractivity contribution is 14.1. The van der Waals surface area contributed by atoms with Crippen molar-refractivity contribution in [3.63, 3.8) is 0 Å². The van der Waals surface area contributed by atoms with Crippen molar-refractivity contribution < 1.29 is 28.7 Å². The molecule has 2 N–H and O–H groups in total. The van der Waals surface area contributed by atoms with E-state index in [4.69, 9.17) is 9.47 Å². The highest BCUT2D eigenvalue weighted by Crippen LogP contribution is 2.57. The van der Waals surface area contributed by atoms with E-state index in [0.717, 1.165) is 17.8 Å². The van der Waals surface area contributed by atoms with Gasteiger partial charge in [-0.2, -0.15) is 0 Å². The van der Waals surface area contributed by atoms with Gasteiger partial charge in [0.15, 0.2) is 5.60 Å². The van der Waals surface area contributed by atoms with Gasteiger partial charge in [0.2, 0.25) is 9.70 Å². The zero-order chi connectivity index (χ0) is 35.6. The number of aromatic nitrogens is 3. The van der Waals surface area contributed by atoms with Gasteiger partial charge in [0.1, 0.15) is 23.7 Å². The van der Waals surface area contributed by atoms with E-state index in [9.17, 15) is 19.2 Å². The summed E-state index contributed by atoms with van der Waals surface area (Å²) in [6, 6.07) is 16.8. The molecule has 2 amide bonds. The van der Waals surface area contributed by atoms with Crippen LogP contribution in [0.25, 0.3) is 0 Å². The molecule has 0 saturated carbocycles. The number of rotatable bonds is 13. The number of ether oxygens (including phenoxy) is 2. The fraction of sp³-hybridized carbons (Fsp3) is 0.333. The first-order chi connectivity index (χ1) is 24.0. The van der Waals surface area contributed by atoms with Gasteiger partial charge in [0.25, 0.3) is 5.91 Å². The molecule has 260 valence electrons. The maximum Gasteiger partial charge on any atom is 0.340 e. The van der Waals surface area contributed by atoms with E-state index in [1.54, 1.807) is 47.0 Å². The average molecular weight is 792 g/mol. The zero-order valence-electron chi connectivity index (χ0n) is 28.3. The van der Waals surface area contributed by atoms with Crippen molar-refractivity contribution in [2.45, 2.75) is 44.4 Å². The molecule has 0 aliphatic carbocycles. The predicted octanol–water partition coefficient (Wildman–Crippen LogP) is 4.55. The Morgan fingerprint density at radius 2 is 1.52 bits per heavy atom. The lowest BCUT2D eigenvalue weighted by Gasteiger charge is -2.37. The molecule has 0 fully saturated rings. The molecule has 0 atom stereocenters. The summed E-state index contributed by atoms with van der Waals surface area (Å²) in [6.07, 6.45) is 4.06. The van der Waals surface area contributed by atoms with Gasteiger partial charge in [0, 0.05) is 110 Å². The Labute approximate surface area is 303 Å². The number of carbonyl (C=O) groups is 4. The van der Waals surface area contributed by atoms with Crippen molar-refractivity contribution >= 4 is 55.5 Å². The monoisotopic (exact) mass is 791 g/mol. The van der Waals surface area contributed by atoms with Crippen LogP contribution >= 0.6 is 22.6 Å². The fourth-order valence-corrected chi connectivity index (χ4v) is 6.55. The second-order valence-electron chi connectivity index (χ2n) is 12.7. The number of anilines is 2. The summed E-state index contributed by atoms with van der Waals surface area (Å²) in [5.74, 6) is 0.266. The topological polar surface area (TPSA) is 148 Å². The average Bonchev–Trinajstić information content (AvgIpc) is 3.65. The van der Waals surface area contributed by atoms with E-state index >= 15 is 0 Å². The van der Waals surface area contributed by atoms with Gasteiger partial charge in [-0.3, -0.25) is 14.4 Å². The highest BCUT2D eigenvalue weighted by atomic mass is 127. The molecule has 1 aromatic heterocycles. The van der Waals surface area contributed by atoms with Crippen LogP contribution in [-0.4, -0.2) is 71.3 Å². The van der Waals surface area contributed by atoms with Crippen molar-refractivity contribution in [1.29, 1.82) is 0 Å². The minimum Gasteiger partial charge on any atom is -0.456 e. The molecular formula is C36H38IN7O6. The van der Waals surface area contributed by atoms with Crippen molar-refractivity contribution in [2.24, 2.45) is 0 Å². The molecule has 0 saturated heterocycles. The van der Waals surface area contributed by atoms with Crippen LogP contribution < -0.4 is 25.2 Å². The van der Waals surface area contributed by atoms with Crippen LogP contribution in [-0.2, 0) is 33.0 Å². The summed E-state index contributed by atoms with van der Waals surface area (Å²) in [6.45, 7) is 0.792. The number of nitrogens with zero attached hydrogens (tertiary/aromatic N) is 5. The maximum atomic E-state index is 13.6. The zero-order valence-corrected chi connectivity index (χ0v) is 30.4. The van der Waals surface area contributed by atoms with E-state index in [2.05, 4.69) is 20.9 Å². The molecule has 0 unspecified atom stereocenters. The number of amides is 2. The first-order valence-electron chi connectivity index (χ1n) is 16.3. The lowest BCUT2D eigenvalue weighted by molar-refractivity contribution is -0.121. The third-order valence-corrected chi connectivity index (χ3v) is 9.11. The Morgan fingerprint density at radius 3 is 2.16 bits per heavy atom. The van der Waals surface area contributed by atoms with Crippen molar-refractivity contribution in [3.8, 4) is 11.5 Å². The van der Waals surface area contributed by atoms with Gasteiger partial charge in [0.05, 0.1) is 18.3 Å². The SMILES string of the molecule is CN(C)c1ccc2c(c1)Oc1cc(N(C)C)ccc1C21OC(=O)c2cc(C(=O)NCCCCCC(=O)NCc3cn(CC(=O)I)nn3)ccc21. The summed E-state index contributed by atoms with van der Waals surface area (Å²) in [7, 11) is 7.81. The fourth-order valence-electron chi connectivity index (χ4n) is 6.20. The summed E-state index contributed by atoms with van der Waals surface area (Å²) in [5.41, 5.74) is 3.98. The number of benzene rings is 3. The quantitative estimate of drug-likeness (QED) is 0.0856. The van der Waals surface area contributed by atoms with Crippen LogP contribution in [0, 0.1) is 0 Å². The first kappa shape index (κ1) is 34.9. The number of fused-ring (bicyclic) bond motifs is 6. The van der Waals surface area contributed by atoms with E-state index in [1.165, 1.54) is 4.68 Å². The molecule has 14 heteroatoms. The molecule has 4 aromatic rings. The molecule has 6 rings (SSSR count). The van der Waals surface area contributed by atoms with Gasteiger partial charge in [-0.05, 0) is 49.2 Å². The van der Waals surface area contributed by atoms with Gasteiger partial charge < -0.3 is 29.9 Å². The Bertz CT molecular complexity index is 1920. The maximum absolute atomic E-state index is 13.6. The largest absolute Gasteiger partial charge is 0.456 e. The van der Waals surface area contributed by atoms with Crippen LogP contribution in [0.15, 0.2) is 60.8 Å². The number of hydrogen-bond donors (Lipinski definition) is 2. The highest BCUT2D eigenvalue weighted by Gasteiger charge is 2.53. The first-order valence-corrected chi connectivity index (χ1v) is 17.4. The summed E-state index contributed by atoms with van der Waals surface area (Å²) >= 11 is 1.69. The Balaban J connectivity index is 1.09. The Hall–Kier alpha value is -4.99. The van der Waals surface area contributed by atoms with E-state index in [1.807, 2.05) is 74.4 Å². The molecule has 0 bridgehead atoms. The van der Waals surface area contributed by atoms with Crippen LogP contribution in [0.4, 0.5) is 11.4 Å². The number of unbranched alkanes of at least 4 members (excludes halogenated alkanes) is 2. The standard InChI is InChI=1S/C36H38IN7O6/c1-42(2)24-10-13-28-30(17-24)49-31-18-25(43(3)4)11-14-29(31)36(28)27-12-9-22(16-26(27)35(48)50-36)34(47)38-15-7-5-6-8-33(46)39-19-23-20-44(41-40-23)21-32(37)45/h9-14,16-18,20H,5-8,15,19,21H2,1-4H3,(H,38,47)(H,39,46). The van der Waals surface area contributed by atoms with E-state index in [0.29, 0.717) is 70.8 Å². The lowest BCUT2D eigenvalue weighted by Crippen LogP contribution is -2.33. The third-order valence-electron chi connectivity index (χ3n) is 8.77. The van der Waals surface area contributed by atoms with Crippen LogP contribution in [0.3, 0.4) is 0 Å². The van der Waals surface area contributed by atoms with E-state index in [-0.39, 0.29) is 28.7 Å². The number of esters is 1. The summed E-state index contributed by atoms with van der Waals surface area (Å²) < 4.78 is 14.1. The van der Waals surface area contributed by atoms with Gasteiger partial charge in [-0.15, -0.1) is 5.10 Å². The second kappa shape index (κ2) is 14.5.